The number of rotatable bonds is 2. The van der Waals surface area contributed by atoms with E-state index in [1.807, 2.05) is 53.5 Å². The van der Waals surface area contributed by atoms with Gasteiger partial charge in [0.25, 0.3) is 0 Å². The van der Waals surface area contributed by atoms with Gasteiger partial charge in [-0.3, -0.25) is 9.59 Å². The maximum atomic E-state index is 13.9. The highest BCUT2D eigenvalue weighted by Crippen LogP contribution is 2.54. The number of ketones is 1. The standard InChI is InChI=1S/C23H23N3O2/c1-16(27)22-8-11-23(12-9-22,13-10-22)21(28)26-15-17-5-4-14-24-20(17)25-18-6-2-3-7-19(18)26/h2-8,11,14H,9-10,12-13,15H2,1H3,(H,24,25). The molecule has 0 spiro atoms. The predicted molar refractivity (Wildman–Crippen MR) is 108 cm³/mol. The van der Waals surface area contributed by atoms with Gasteiger partial charge in [-0.05, 0) is 50.8 Å². The maximum absolute atomic E-state index is 13.9. The summed E-state index contributed by atoms with van der Waals surface area (Å²) in [4.78, 5) is 32.4. The Balaban J connectivity index is 1.57. The number of carbonyl (C=O) groups is 2. The summed E-state index contributed by atoms with van der Waals surface area (Å²) in [6.07, 6.45) is 8.78. The van der Waals surface area contributed by atoms with E-state index in [-0.39, 0.29) is 17.1 Å². The summed E-state index contributed by atoms with van der Waals surface area (Å²) in [7, 11) is 0. The molecule has 1 aromatic heterocycles. The fourth-order valence-corrected chi connectivity index (χ4v) is 4.88. The molecule has 2 aromatic rings. The van der Waals surface area contributed by atoms with Crippen LogP contribution in [0.15, 0.2) is 54.7 Å². The van der Waals surface area contributed by atoms with Gasteiger partial charge in [0.05, 0.1) is 23.3 Å². The molecule has 0 atom stereocenters. The first-order valence-corrected chi connectivity index (χ1v) is 9.86. The number of pyridine rings is 1. The van der Waals surface area contributed by atoms with E-state index >= 15 is 0 Å². The fraction of sp³-hybridized carbons (Fsp3) is 0.348. The number of hydrogen-bond donors (Lipinski definition) is 1. The van der Waals surface area contributed by atoms with Crippen LogP contribution in [0.3, 0.4) is 0 Å². The highest BCUT2D eigenvalue weighted by atomic mass is 16.2. The number of Topliss-reactive ketones (excluding diaryl/α,β-unsaturated/α-hetero) is 1. The molecule has 0 unspecified atom stereocenters. The monoisotopic (exact) mass is 373 g/mol. The molecule has 28 heavy (non-hydrogen) atoms. The lowest BCUT2D eigenvalue weighted by Gasteiger charge is -2.48. The van der Waals surface area contributed by atoms with E-state index in [4.69, 9.17) is 0 Å². The Bertz CT molecular complexity index is 1000. The van der Waals surface area contributed by atoms with Crippen LogP contribution in [-0.2, 0) is 16.1 Å². The van der Waals surface area contributed by atoms with Gasteiger partial charge in [-0.15, -0.1) is 0 Å². The van der Waals surface area contributed by atoms with Gasteiger partial charge in [-0.1, -0.05) is 30.4 Å². The first-order valence-electron chi connectivity index (χ1n) is 9.86. The van der Waals surface area contributed by atoms with Crippen molar-refractivity contribution in [3.05, 3.63) is 60.3 Å². The summed E-state index contributed by atoms with van der Waals surface area (Å²) >= 11 is 0. The van der Waals surface area contributed by atoms with Gasteiger partial charge in [0.2, 0.25) is 5.91 Å². The highest BCUT2D eigenvalue weighted by molar-refractivity contribution is 6.03. The van der Waals surface area contributed by atoms with Crippen LogP contribution in [0, 0.1) is 10.8 Å². The molecule has 142 valence electrons. The van der Waals surface area contributed by atoms with Crippen LogP contribution in [-0.4, -0.2) is 16.7 Å². The molecular weight excluding hydrogens is 350 g/mol. The fourth-order valence-electron chi connectivity index (χ4n) is 4.88. The van der Waals surface area contributed by atoms with Crippen molar-refractivity contribution in [1.82, 2.24) is 4.98 Å². The minimum atomic E-state index is -0.517. The van der Waals surface area contributed by atoms with Crippen LogP contribution in [0.1, 0.15) is 38.2 Å². The van der Waals surface area contributed by atoms with Crippen LogP contribution in [0.4, 0.5) is 17.2 Å². The summed E-state index contributed by atoms with van der Waals surface area (Å²) < 4.78 is 0. The molecule has 5 nitrogen and oxygen atoms in total. The smallest absolute Gasteiger partial charge is 0.237 e. The van der Waals surface area contributed by atoms with Crippen molar-refractivity contribution in [2.24, 2.45) is 10.8 Å². The number of fused-ring (bicyclic) bond motifs is 4. The van der Waals surface area contributed by atoms with Crippen molar-refractivity contribution in [1.29, 1.82) is 0 Å². The van der Waals surface area contributed by atoms with Crippen LogP contribution in [0.5, 0.6) is 0 Å². The normalized spacial score (nSPS) is 27.4. The molecular formula is C23H23N3O2. The zero-order valence-electron chi connectivity index (χ0n) is 15.9. The molecule has 1 amide bonds. The van der Waals surface area contributed by atoms with E-state index in [2.05, 4.69) is 10.3 Å². The van der Waals surface area contributed by atoms with E-state index in [1.54, 1.807) is 13.1 Å². The largest absolute Gasteiger partial charge is 0.338 e. The Labute approximate surface area is 164 Å². The quantitative estimate of drug-likeness (QED) is 0.794. The molecule has 6 rings (SSSR count). The van der Waals surface area contributed by atoms with Crippen molar-refractivity contribution < 1.29 is 9.59 Å². The van der Waals surface area contributed by atoms with Crippen LogP contribution >= 0.6 is 0 Å². The van der Waals surface area contributed by atoms with E-state index in [1.165, 1.54) is 0 Å². The summed E-state index contributed by atoms with van der Waals surface area (Å²) in [5.41, 5.74) is 1.89. The SMILES string of the molecule is CC(=O)C12C=CC(C(=O)N3Cc4cccnc4Nc4ccccc43)(CC1)CC2. The number of benzene rings is 1. The van der Waals surface area contributed by atoms with Gasteiger partial charge in [0, 0.05) is 17.2 Å². The lowest BCUT2D eigenvalue weighted by molar-refractivity contribution is -0.134. The van der Waals surface area contributed by atoms with Gasteiger partial charge < -0.3 is 10.2 Å². The Morgan fingerprint density at radius 2 is 1.71 bits per heavy atom. The second-order valence-electron chi connectivity index (χ2n) is 8.25. The van der Waals surface area contributed by atoms with Crippen molar-refractivity contribution in [3.63, 3.8) is 0 Å². The summed E-state index contributed by atoms with van der Waals surface area (Å²) in [5.74, 6) is 1.13. The van der Waals surface area contributed by atoms with E-state index in [0.717, 1.165) is 48.4 Å². The molecule has 1 aliphatic heterocycles. The molecule has 3 aliphatic carbocycles. The Morgan fingerprint density at radius 1 is 1.00 bits per heavy atom. The molecule has 0 saturated heterocycles. The first kappa shape index (κ1) is 17.2. The minimum absolute atomic E-state index is 0.117. The third-order valence-corrected chi connectivity index (χ3v) is 6.80. The molecule has 5 heteroatoms. The number of carbonyl (C=O) groups excluding carboxylic acids is 2. The predicted octanol–water partition coefficient (Wildman–Crippen LogP) is 4.38. The van der Waals surface area contributed by atoms with Crippen LogP contribution in [0.25, 0.3) is 0 Å². The molecule has 1 aromatic carbocycles. The Morgan fingerprint density at radius 3 is 2.43 bits per heavy atom. The first-order chi connectivity index (χ1) is 13.5. The van der Waals surface area contributed by atoms with Gasteiger partial charge >= 0.3 is 0 Å². The number of anilines is 3. The van der Waals surface area contributed by atoms with Crippen LogP contribution < -0.4 is 10.2 Å². The second kappa shape index (κ2) is 6.03. The molecule has 4 aliphatic rings. The Hall–Kier alpha value is -2.95. The van der Waals surface area contributed by atoms with E-state index in [0.29, 0.717) is 6.54 Å². The second-order valence-corrected chi connectivity index (χ2v) is 8.25. The van der Waals surface area contributed by atoms with Gasteiger partial charge in [0.15, 0.2) is 0 Å². The van der Waals surface area contributed by atoms with Crippen molar-refractivity contribution in [3.8, 4) is 0 Å². The summed E-state index contributed by atoms with van der Waals surface area (Å²) in [5, 5.41) is 3.38. The van der Waals surface area contributed by atoms with Gasteiger partial charge in [-0.25, -0.2) is 4.98 Å². The molecule has 0 radical (unpaired) electrons. The van der Waals surface area contributed by atoms with Crippen molar-refractivity contribution in [2.75, 3.05) is 10.2 Å². The third kappa shape index (κ3) is 2.42. The molecule has 1 saturated carbocycles. The highest BCUT2D eigenvalue weighted by Gasteiger charge is 2.52. The number of para-hydroxylation sites is 2. The molecule has 2 bridgehead atoms. The van der Waals surface area contributed by atoms with Gasteiger partial charge in [0.1, 0.15) is 11.6 Å². The average Bonchev–Trinajstić information content (AvgIpc) is 2.91. The lowest BCUT2D eigenvalue weighted by Crippen LogP contribution is -2.50. The molecule has 1 fully saturated rings. The van der Waals surface area contributed by atoms with Crippen molar-refractivity contribution >= 4 is 28.9 Å². The number of allylic oxidation sites excluding steroid dienone is 1. The zero-order chi connectivity index (χ0) is 19.4. The average molecular weight is 373 g/mol. The summed E-state index contributed by atoms with van der Waals surface area (Å²) in [6.45, 7) is 2.16. The molecule has 1 N–H and O–H groups in total. The molecule has 2 heterocycles. The zero-order valence-corrected chi connectivity index (χ0v) is 15.9. The van der Waals surface area contributed by atoms with E-state index in [9.17, 15) is 9.59 Å². The topological polar surface area (TPSA) is 62.3 Å². The number of aromatic nitrogens is 1. The maximum Gasteiger partial charge on any atom is 0.237 e. The number of nitrogens with zero attached hydrogens (tertiary/aromatic N) is 2. The summed E-state index contributed by atoms with van der Waals surface area (Å²) in [6, 6.07) is 11.8. The minimum Gasteiger partial charge on any atom is -0.338 e. The number of amides is 1. The third-order valence-electron chi connectivity index (χ3n) is 6.80. The van der Waals surface area contributed by atoms with Gasteiger partial charge in [-0.2, -0.15) is 0 Å². The van der Waals surface area contributed by atoms with Crippen molar-refractivity contribution in [2.45, 2.75) is 39.2 Å². The number of nitrogens with one attached hydrogen (secondary N) is 1. The van der Waals surface area contributed by atoms with Crippen LogP contribution in [0.2, 0.25) is 0 Å². The Kier molecular flexibility index (Phi) is 3.69. The lowest BCUT2D eigenvalue weighted by atomic mass is 9.56. The number of hydrogen-bond acceptors (Lipinski definition) is 4. The van der Waals surface area contributed by atoms with E-state index < -0.39 is 5.41 Å².